The highest BCUT2D eigenvalue weighted by molar-refractivity contribution is 5.60. The van der Waals surface area contributed by atoms with Gasteiger partial charge in [-0.3, -0.25) is 0 Å². The van der Waals surface area contributed by atoms with Crippen LogP contribution in [0.15, 0.2) is 12.1 Å². The van der Waals surface area contributed by atoms with Crippen LogP contribution in [0, 0.1) is 5.92 Å². The molecule has 2 aliphatic carbocycles. The predicted molar refractivity (Wildman–Crippen MR) is 73.0 cm³/mol. The van der Waals surface area contributed by atoms with E-state index in [9.17, 15) is 10.2 Å². The number of piperidine rings is 1. The van der Waals surface area contributed by atoms with Crippen LogP contribution in [0.3, 0.4) is 0 Å². The van der Waals surface area contributed by atoms with E-state index in [1.807, 2.05) is 6.07 Å². The molecule has 1 saturated heterocycles. The molecule has 2 fully saturated rings. The van der Waals surface area contributed by atoms with E-state index in [4.69, 9.17) is 4.74 Å². The summed E-state index contributed by atoms with van der Waals surface area (Å²) in [5, 5.41) is 24.3. The fourth-order valence-corrected chi connectivity index (χ4v) is 5.43. The zero-order chi connectivity index (χ0) is 13.5. The first-order chi connectivity index (χ1) is 9.72. The minimum Gasteiger partial charge on any atom is -0.504 e. The van der Waals surface area contributed by atoms with E-state index in [-0.39, 0.29) is 17.3 Å². The van der Waals surface area contributed by atoms with Crippen LogP contribution in [0.4, 0.5) is 0 Å². The Morgan fingerprint density at radius 2 is 2.20 bits per heavy atom. The molecule has 2 aliphatic heterocycles. The lowest BCUT2D eigenvalue weighted by Gasteiger charge is -2.56. The topological polar surface area (TPSA) is 61.7 Å². The number of phenols is 1. The van der Waals surface area contributed by atoms with Crippen LogP contribution in [0.2, 0.25) is 0 Å². The first-order valence-corrected chi connectivity index (χ1v) is 7.65. The fraction of sp³-hybridized carbons (Fsp3) is 0.625. The number of aliphatic hydroxyl groups is 1. The normalized spacial score (nSPS) is 43.9. The van der Waals surface area contributed by atoms with Gasteiger partial charge in [-0.05, 0) is 49.8 Å². The number of rotatable bonds is 0. The standard InChI is InChI=1S/C16H19NO3/c18-11-3-1-8-7-10-9-2-4-12(19)15-16(9,5-6-17-10)13(8)14(11)20-15/h1,3,9-10,12,15,17-19H,2,4-7H2/t9-,10?,12+,15-,16?/m0/s1. The molecule has 4 aliphatic rings. The van der Waals surface area contributed by atoms with E-state index >= 15 is 0 Å². The van der Waals surface area contributed by atoms with Gasteiger partial charge < -0.3 is 20.3 Å². The van der Waals surface area contributed by atoms with Gasteiger partial charge in [0.15, 0.2) is 11.5 Å². The van der Waals surface area contributed by atoms with Crippen LogP contribution in [-0.4, -0.2) is 35.0 Å². The number of phenolic OH excluding ortho intramolecular Hbond substituents is 1. The van der Waals surface area contributed by atoms with E-state index in [0.717, 1.165) is 32.2 Å². The second-order valence-electron chi connectivity index (χ2n) is 6.79. The van der Waals surface area contributed by atoms with Gasteiger partial charge in [0.1, 0.15) is 6.10 Å². The van der Waals surface area contributed by atoms with Crippen molar-refractivity contribution < 1.29 is 14.9 Å². The van der Waals surface area contributed by atoms with Crippen molar-refractivity contribution in [2.45, 2.75) is 49.3 Å². The van der Waals surface area contributed by atoms with Crippen molar-refractivity contribution in [2.24, 2.45) is 5.92 Å². The zero-order valence-corrected chi connectivity index (χ0v) is 11.3. The summed E-state index contributed by atoms with van der Waals surface area (Å²) in [5.41, 5.74) is 2.43. The van der Waals surface area contributed by atoms with Crippen LogP contribution in [0.5, 0.6) is 11.5 Å². The molecule has 5 rings (SSSR count). The fourth-order valence-electron chi connectivity index (χ4n) is 5.43. The number of ether oxygens (including phenoxy) is 1. The zero-order valence-electron chi connectivity index (χ0n) is 11.3. The number of aliphatic hydroxyl groups excluding tert-OH is 1. The van der Waals surface area contributed by atoms with Crippen LogP contribution in [0.25, 0.3) is 0 Å². The van der Waals surface area contributed by atoms with Crippen LogP contribution in [0.1, 0.15) is 30.4 Å². The lowest BCUT2D eigenvalue weighted by molar-refractivity contribution is -0.0761. The summed E-state index contributed by atoms with van der Waals surface area (Å²) in [6.45, 7) is 0.974. The van der Waals surface area contributed by atoms with Gasteiger partial charge in [-0.25, -0.2) is 0 Å². The third-order valence-corrected chi connectivity index (χ3v) is 6.10. The molecule has 106 valence electrons. The van der Waals surface area contributed by atoms with Crippen molar-refractivity contribution in [2.75, 3.05) is 6.54 Å². The molecule has 3 N–H and O–H groups in total. The smallest absolute Gasteiger partial charge is 0.165 e. The first kappa shape index (κ1) is 11.4. The lowest BCUT2D eigenvalue weighted by atomic mass is 9.52. The van der Waals surface area contributed by atoms with Gasteiger partial charge in [0.05, 0.1) is 6.10 Å². The molecule has 1 aromatic carbocycles. The predicted octanol–water partition coefficient (Wildman–Crippen LogP) is 1.08. The van der Waals surface area contributed by atoms with Gasteiger partial charge in [-0.1, -0.05) is 6.07 Å². The van der Waals surface area contributed by atoms with Crippen molar-refractivity contribution in [3.63, 3.8) is 0 Å². The quantitative estimate of drug-likeness (QED) is 0.662. The molecule has 20 heavy (non-hydrogen) atoms. The highest BCUT2D eigenvalue weighted by atomic mass is 16.5. The van der Waals surface area contributed by atoms with Gasteiger partial charge in [0, 0.05) is 17.0 Å². The van der Waals surface area contributed by atoms with Crippen LogP contribution >= 0.6 is 0 Å². The average Bonchev–Trinajstić information content (AvgIpc) is 2.78. The van der Waals surface area contributed by atoms with Gasteiger partial charge in [0.25, 0.3) is 0 Å². The molecule has 2 bridgehead atoms. The third-order valence-electron chi connectivity index (χ3n) is 6.10. The second kappa shape index (κ2) is 3.49. The molecule has 1 saturated carbocycles. The van der Waals surface area contributed by atoms with Crippen molar-refractivity contribution >= 4 is 0 Å². The summed E-state index contributed by atoms with van der Waals surface area (Å²) >= 11 is 0. The van der Waals surface area contributed by atoms with E-state index in [1.54, 1.807) is 6.07 Å². The summed E-state index contributed by atoms with van der Waals surface area (Å²) in [5.74, 6) is 1.41. The van der Waals surface area contributed by atoms with E-state index < -0.39 is 6.10 Å². The number of nitrogens with one attached hydrogen (secondary N) is 1. The van der Waals surface area contributed by atoms with Crippen molar-refractivity contribution in [1.82, 2.24) is 5.32 Å². The largest absolute Gasteiger partial charge is 0.504 e. The minimum atomic E-state index is -0.414. The second-order valence-corrected chi connectivity index (χ2v) is 6.79. The Morgan fingerprint density at radius 1 is 1.30 bits per heavy atom. The Hall–Kier alpha value is -1.26. The van der Waals surface area contributed by atoms with Gasteiger partial charge >= 0.3 is 0 Å². The molecular formula is C16H19NO3. The first-order valence-electron chi connectivity index (χ1n) is 7.65. The average molecular weight is 273 g/mol. The number of hydrogen-bond donors (Lipinski definition) is 3. The lowest BCUT2D eigenvalue weighted by Crippen LogP contribution is -2.66. The van der Waals surface area contributed by atoms with E-state index in [1.165, 1.54) is 11.1 Å². The van der Waals surface area contributed by atoms with Crippen LogP contribution < -0.4 is 10.1 Å². The highest BCUT2D eigenvalue weighted by Gasteiger charge is 2.64. The maximum Gasteiger partial charge on any atom is 0.165 e. The van der Waals surface area contributed by atoms with Crippen LogP contribution in [-0.2, 0) is 11.8 Å². The SMILES string of the molecule is Oc1ccc2c3c1O[C@H]1[C@H](O)CC[C@H]4C(C2)NCCC341. The molecule has 2 heterocycles. The summed E-state index contributed by atoms with van der Waals surface area (Å²) in [7, 11) is 0. The molecule has 1 spiro atoms. The summed E-state index contributed by atoms with van der Waals surface area (Å²) in [6.07, 6.45) is 3.28. The number of hydrogen-bond acceptors (Lipinski definition) is 4. The molecule has 0 radical (unpaired) electrons. The molecular weight excluding hydrogens is 254 g/mol. The Bertz CT molecular complexity index is 602. The monoisotopic (exact) mass is 273 g/mol. The Morgan fingerprint density at radius 3 is 3.10 bits per heavy atom. The Labute approximate surface area is 117 Å². The maximum absolute atomic E-state index is 10.5. The summed E-state index contributed by atoms with van der Waals surface area (Å²) in [4.78, 5) is 0. The number of benzene rings is 1. The molecule has 4 heteroatoms. The van der Waals surface area contributed by atoms with Gasteiger partial charge in [0.2, 0.25) is 0 Å². The van der Waals surface area contributed by atoms with Crippen molar-refractivity contribution in [3.8, 4) is 11.5 Å². The number of aromatic hydroxyl groups is 1. The van der Waals surface area contributed by atoms with E-state index in [2.05, 4.69) is 5.32 Å². The van der Waals surface area contributed by atoms with E-state index in [0.29, 0.717) is 17.7 Å². The van der Waals surface area contributed by atoms with Crippen molar-refractivity contribution in [3.05, 3.63) is 23.3 Å². The molecule has 0 aromatic heterocycles. The molecule has 1 aromatic rings. The van der Waals surface area contributed by atoms with Gasteiger partial charge in [-0.2, -0.15) is 0 Å². The third kappa shape index (κ3) is 1.09. The Kier molecular flexibility index (Phi) is 1.99. The summed E-state index contributed by atoms with van der Waals surface area (Å²) in [6, 6.07) is 4.27. The molecule has 4 nitrogen and oxygen atoms in total. The summed E-state index contributed by atoms with van der Waals surface area (Å²) < 4.78 is 6.09. The molecule has 5 atom stereocenters. The minimum absolute atomic E-state index is 0.0742. The van der Waals surface area contributed by atoms with Gasteiger partial charge in [-0.15, -0.1) is 0 Å². The highest BCUT2D eigenvalue weighted by Crippen LogP contribution is 2.62. The van der Waals surface area contributed by atoms with Crippen molar-refractivity contribution in [1.29, 1.82) is 0 Å². The molecule has 0 amide bonds. The molecule has 2 unspecified atom stereocenters. The Balaban J connectivity index is 1.83. The maximum atomic E-state index is 10.5.